The van der Waals surface area contributed by atoms with Crippen LogP contribution in [0.4, 0.5) is 5.69 Å². The first-order valence-corrected chi connectivity index (χ1v) is 23.9. The highest BCUT2D eigenvalue weighted by atomic mass is 35.5. The number of amides is 1. The number of aromatic amines is 1. The third kappa shape index (κ3) is 10.5. The molecule has 2 aliphatic carbocycles. The molecule has 3 aliphatic rings. The highest BCUT2D eigenvalue weighted by molar-refractivity contribution is 7.90. The van der Waals surface area contributed by atoms with E-state index in [4.69, 9.17) is 32.7 Å². The van der Waals surface area contributed by atoms with Crippen molar-refractivity contribution in [1.82, 2.24) is 24.6 Å². The maximum atomic E-state index is 13.9. The number of benzene rings is 2. The summed E-state index contributed by atoms with van der Waals surface area (Å²) in [5.74, 6) is 0.432. The molecule has 63 heavy (non-hydrogen) atoms. The van der Waals surface area contributed by atoms with E-state index < -0.39 is 21.5 Å². The number of fused-ring (bicyclic) bond motifs is 1. The molecular weight excluding hydrogens is 860 g/mol. The van der Waals surface area contributed by atoms with Crippen LogP contribution in [0.3, 0.4) is 0 Å². The number of carbonyl (C=O) groups is 1. The summed E-state index contributed by atoms with van der Waals surface area (Å²) in [6.45, 7) is 14.9. The Morgan fingerprint density at radius 3 is 2.48 bits per heavy atom. The largest absolute Gasteiger partial charge is 0.476 e. The third-order valence-corrected chi connectivity index (χ3v) is 15.0. The first-order chi connectivity index (χ1) is 29.9. The van der Waals surface area contributed by atoms with Gasteiger partial charge < -0.3 is 24.5 Å². The lowest BCUT2D eigenvalue weighted by molar-refractivity contribution is 0.0167. The molecule has 0 bridgehead atoms. The van der Waals surface area contributed by atoms with Crippen molar-refractivity contribution in [3.8, 4) is 17.4 Å². The van der Waals surface area contributed by atoms with E-state index in [0.717, 1.165) is 87.1 Å². The van der Waals surface area contributed by atoms with Gasteiger partial charge in [0, 0.05) is 61.1 Å². The maximum Gasteiger partial charge on any atom is 0.268 e. The van der Waals surface area contributed by atoms with Crippen LogP contribution < -0.4 is 19.1 Å². The number of aromatic nitrogens is 3. The maximum absolute atomic E-state index is 13.9. The lowest BCUT2D eigenvalue weighted by atomic mass is 9.72. The van der Waals surface area contributed by atoms with Crippen molar-refractivity contribution in [2.45, 2.75) is 77.2 Å². The van der Waals surface area contributed by atoms with Crippen LogP contribution in [0.2, 0.25) is 10.0 Å². The van der Waals surface area contributed by atoms with Crippen molar-refractivity contribution in [3.63, 3.8) is 0 Å². The van der Waals surface area contributed by atoms with Crippen LogP contribution in [0.5, 0.6) is 17.4 Å². The third-order valence-electron chi connectivity index (χ3n) is 13.1. The average Bonchev–Trinajstić information content (AvgIpc) is 3.87. The molecule has 3 aromatic heterocycles. The van der Waals surface area contributed by atoms with Crippen molar-refractivity contribution in [2.24, 2.45) is 23.2 Å². The van der Waals surface area contributed by atoms with E-state index in [9.17, 15) is 18.3 Å². The van der Waals surface area contributed by atoms with Gasteiger partial charge >= 0.3 is 0 Å². The quantitative estimate of drug-likeness (QED) is 0.104. The minimum atomic E-state index is -4.43. The summed E-state index contributed by atoms with van der Waals surface area (Å²) in [4.78, 5) is 30.1. The molecule has 1 aliphatic heterocycles. The summed E-state index contributed by atoms with van der Waals surface area (Å²) in [6, 6.07) is 18.3. The monoisotopic (exact) mass is 914 g/mol. The number of nitrogens with zero attached hydrogens (tertiary/aromatic N) is 4. The molecule has 1 saturated heterocycles. The molecule has 0 spiro atoms. The Bertz CT molecular complexity index is 2620. The van der Waals surface area contributed by atoms with Gasteiger partial charge in [0.05, 0.1) is 30.2 Å². The summed E-state index contributed by atoms with van der Waals surface area (Å²) < 4.78 is 41.8. The van der Waals surface area contributed by atoms with Crippen LogP contribution >= 0.6 is 23.2 Å². The van der Waals surface area contributed by atoms with Gasteiger partial charge in [-0.2, -0.15) is 0 Å². The molecule has 5 aromatic rings. The molecule has 15 heteroatoms. The number of ether oxygens (including phenoxy) is 2. The van der Waals surface area contributed by atoms with Gasteiger partial charge in [-0.05, 0) is 123 Å². The zero-order valence-corrected chi connectivity index (χ0v) is 38.8. The number of halogens is 2. The molecule has 4 heterocycles. The van der Waals surface area contributed by atoms with Gasteiger partial charge in [-0.25, -0.2) is 23.1 Å². The number of pyridine rings is 2. The fraction of sp³-hybridized carbons (Fsp3) is 0.438. The van der Waals surface area contributed by atoms with Gasteiger partial charge in [0.1, 0.15) is 27.1 Å². The Kier molecular flexibility index (Phi) is 12.9. The molecule has 3 atom stereocenters. The van der Waals surface area contributed by atoms with Gasteiger partial charge in [0.15, 0.2) is 0 Å². The molecule has 3 N–H and O–H groups in total. The minimum absolute atomic E-state index is 0.00227. The molecule has 2 fully saturated rings. The Labute approximate surface area is 380 Å². The molecule has 1 saturated carbocycles. The Hall–Kier alpha value is -4.66. The predicted molar refractivity (Wildman–Crippen MR) is 248 cm³/mol. The first-order valence-electron chi connectivity index (χ1n) is 21.7. The summed E-state index contributed by atoms with van der Waals surface area (Å²) in [5, 5.41) is 12.1. The van der Waals surface area contributed by atoms with Crippen LogP contribution in [0, 0.1) is 23.2 Å². The number of allylic oxidation sites excluding steroid dienone is 1. The second kappa shape index (κ2) is 18.1. The predicted octanol–water partition coefficient (Wildman–Crippen LogP) is 9.77. The number of hydrogen-bond donors (Lipinski definition) is 3. The number of carbonyl (C=O) groups excluding carboxylic acids is 1. The zero-order valence-electron chi connectivity index (χ0n) is 36.5. The molecule has 12 nitrogen and oxygen atoms in total. The topological polar surface area (TPSA) is 150 Å². The van der Waals surface area contributed by atoms with Crippen molar-refractivity contribution >= 4 is 61.4 Å². The Morgan fingerprint density at radius 1 is 1.00 bits per heavy atom. The number of sulfonamides is 1. The summed E-state index contributed by atoms with van der Waals surface area (Å²) in [7, 11) is -4.43. The van der Waals surface area contributed by atoms with Gasteiger partial charge in [-0.15, -0.1) is 0 Å². The van der Waals surface area contributed by atoms with Crippen molar-refractivity contribution in [3.05, 3.63) is 106 Å². The standard InChI is InChI=1S/C48H56Cl2N6O6S/c1-30-20-35(48(4,5)58)21-34(30)29-61-46-42(50)24-39(27-53-46)63(59,60)54-45(57)40-11-10-37(23-43(40)62-38-22-32-13-15-51-44(32)52-26-38)56-18-16-55(17-19-56)28-33-12-14-47(2,3)25-41(33)31-6-8-36(49)9-7-31/h6-11,13,15,22-24,26-27,30,34-35,58H,12,14,16-21,25,28-29H2,1-5H3,(H,51,52)(H,54,57)/t30-,34-,35+/m0/s1. The van der Waals surface area contributed by atoms with E-state index in [1.165, 1.54) is 22.8 Å². The number of aliphatic hydroxyl groups is 1. The van der Waals surface area contributed by atoms with Crippen LogP contribution in [-0.4, -0.2) is 84.2 Å². The fourth-order valence-corrected chi connectivity index (χ4v) is 10.6. The van der Waals surface area contributed by atoms with Gasteiger partial charge in [0.25, 0.3) is 15.9 Å². The Balaban J connectivity index is 0.972. The SMILES string of the molecule is C[C@H]1C[C@@H](C(C)(C)O)C[C@H]1COc1ncc(S(=O)(=O)NC(=O)c2ccc(N3CCN(CC4=C(c5ccc(Cl)cc5)CC(C)(C)CC4)CC3)cc2Oc2cnc3[nH]ccc3c2)cc1Cl. The number of nitrogens with one attached hydrogen (secondary N) is 2. The normalized spacial score (nSPS) is 20.9. The van der Waals surface area contributed by atoms with Crippen molar-refractivity contribution < 1.29 is 27.8 Å². The Morgan fingerprint density at radius 2 is 1.76 bits per heavy atom. The number of H-pyrrole nitrogens is 1. The van der Waals surface area contributed by atoms with Gasteiger partial charge in [0.2, 0.25) is 5.88 Å². The number of anilines is 1. The average molecular weight is 916 g/mol. The molecule has 0 unspecified atom stereocenters. The number of hydrogen-bond acceptors (Lipinski definition) is 10. The van der Waals surface area contributed by atoms with Crippen LogP contribution in [0.1, 0.15) is 82.6 Å². The van der Waals surface area contributed by atoms with Crippen LogP contribution in [0.15, 0.2) is 89.7 Å². The lowest BCUT2D eigenvalue weighted by Crippen LogP contribution is -2.47. The van der Waals surface area contributed by atoms with E-state index in [0.29, 0.717) is 23.9 Å². The van der Waals surface area contributed by atoms with Crippen LogP contribution in [-0.2, 0) is 10.0 Å². The second-order valence-corrected chi connectivity index (χ2v) is 21.4. The molecule has 1 amide bonds. The second-order valence-electron chi connectivity index (χ2n) is 18.8. The lowest BCUT2D eigenvalue weighted by Gasteiger charge is -2.39. The first kappa shape index (κ1) is 44.9. The zero-order chi connectivity index (χ0) is 44.7. The van der Waals surface area contributed by atoms with Crippen molar-refractivity contribution in [2.75, 3.05) is 44.2 Å². The van der Waals surface area contributed by atoms with E-state index >= 15 is 0 Å². The molecular formula is C48H56Cl2N6O6S. The van der Waals surface area contributed by atoms with E-state index in [1.54, 1.807) is 30.6 Å². The minimum Gasteiger partial charge on any atom is -0.476 e. The van der Waals surface area contributed by atoms with E-state index in [-0.39, 0.29) is 44.4 Å². The number of piperazine rings is 1. The van der Waals surface area contributed by atoms with Crippen LogP contribution in [0.25, 0.3) is 16.6 Å². The van der Waals surface area contributed by atoms with E-state index in [1.807, 2.05) is 38.1 Å². The summed E-state index contributed by atoms with van der Waals surface area (Å²) >= 11 is 12.8. The smallest absolute Gasteiger partial charge is 0.268 e. The van der Waals surface area contributed by atoms with E-state index in [2.05, 4.69) is 62.4 Å². The highest BCUT2D eigenvalue weighted by Gasteiger charge is 2.39. The molecule has 0 radical (unpaired) electrons. The number of rotatable bonds is 13. The molecule has 2 aromatic carbocycles. The highest BCUT2D eigenvalue weighted by Crippen LogP contribution is 2.44. The fourth-order valence-electron chi connectivity index (χ4n) is 9.21. The molecule has 334 valence electrons. The van der Waals surface area contributed by atoms with Crippen molar-refractivity contribution in [1.29, 1.82) is 0 Å². The summed E-state index contributed by atoms with van der Waals surface area (Å²) in [6.07, 6.45) is 9.36. The van der Waals surface area contributed by atoms with Gasteiger partial charge in [-0.3, -0.25) is 9.69 Å². The molecule has 8 rings (SSSR count). The summed E-state index contributed by atoms with van der Waals surface area (Å²) in [5.41, 5.74) is 5.14. The van der Waals surface area contributed by atoms with Gasteiger partial charge in [-0.1, -0.05) is 61.7 Å².